The van der Waals surface area contributed by atoms with Crippen LogP contribution in [0.3, 0.4) is 0 Å². The molecule has 0 aliphatic rings. The molecule has 3 aromatic rings. The van der Waals surface area contributed by atoms with Crippen LogP contribution in [0, 0.1) is 0 Å². The molecule has 0 fully saturated rings. The molecule has 172 valence electrons. The summed E-state index contributed by atoms with van der Waals surface area (Å²) in [5.41, 5.74) is 4.34. The summed E-state index contributed by atoms with van der Waals surface area (Å²) >= 11 is 3.40. The lowest BCUT2D eigenvalue weighted by molar-refractivity contribution is -0.116. The molecule has 0 spiro atoms. The van der Waals surface area contributed by atoms with Crippen molar-refractivity contribution in [1.82, 2.24) is 0 Å². The van der Waals surface area contributed by atoms with Gasteiger partial charge in [-0.2, -0.15) is 0 Å². The summed E-state index contributed by atoms with van der Waals surface area (Å²) in [5.74, 6) is 0.340. The number of halogens is 1. The zero-order valence-corrected chi connectivity index (χ0v) is 19.7. The highest BCUT2D eigenvalue weighted by Gasteiger charge is 2.12. The Balaban J connectivity index is 1.64. The molecule has 2 amide bonds. The minimum atomic E-state index is -1.13. The third-order valence-corrected chi connectivity index (χ3v) is 5.75. The zero-order chi connectivity index (χ0) is 23.8. The smallest absolute Gasteiger partial charge is 0.409 e. The van der Waals surface area contributed by atoms with Crippen LogP contribution < -0.4 is 15.4 Å². The highest BCUT2D eigenvalue weighted by molar-refractivity contribution is 9.10. The van der Waals surface area contributed by atoms with Gasteiger partial charge in [-0.25, -0.2) is 4.79 Å². The van der Waals surface area contributed by atoms with E-state index in [-0.39, 0.29) is 12.5 Å². The largest absolute Gasteiger partial charge is 0.496 e. The van der Waals surface area contributed by atoms with Crippen LogP contribution in [0.4, 0.5) is 16.2 Å². The Labute approximate surface area is 200 Å². The van der Waals surface area contributed by atoms with E-state index in [2.05, 4.69) is 26.6 Å². The quantitative estimate of drug-likeness (QED) is 0.295. The van der Waals surface area contributed by atoms with Gasteiger partial charge in [0.1, 0.15) is 5.75 Å². The fourth-order valence-electron chi connectivity index (χ4n) is 3.50. The lowest BCUT2D eigenvalue weighted by Crippen LogP contribution is -2.12. The van der Waals surface area contributed by atoms with Crippen LogP contribution in [0.15, 0.2) is 65.1 Å². The molecule has 0 aliphatic heterocycles. The number of aryl methyl sites for hydroxylation is 1. The van der Waals surface area contributed by atoms with E-state index in [4.69, 9.17) is 4.74 Å². The van der Waals surface area contributed by atoms with Crippen molar-refractivity contribution in [3.63, 3.8) is 0 Å². The number of aliphatic hydroxyl groups is 1. The summed E-state index contributed by atoms with van der Waals surface area (Å²) in [6, 6.07) is 18.6. The second-order valence-corrected chi connectivity index (χ2v) is 8.23. The van der Waals surface area contributed by atoms with Gasteiger partial charge in [-0.05, 0) is 52.0 Å². The van der Waals surface area contributed by atoms with Crippen molar-refractivity contribution in [3.8, 4) is 16.9 Å². The Kier molecular flexibility index (Phi) is 8.46. The minimum Gasteiger partial charge on any atom is -0.496 e. The predicted octanol–water partition coefficient (Wildman–Crippen LogP) is 5.67. The highest BCUT2D eigenvalue weighted by atomic mass is 79.9. The highest BCUT2D eigenvalue weighted by Crippen LogP contribution is 2.32. The molecule has 0 aromatic heterocycles. The Morgan fingerprint density at radius 2 is 1.76 bits per heavy atom. The third kappa shape index (κ3) is 6.57. The summed E-state index contributed by atoms with van der Waals surface area (Å²) in [7, 11) is 1.50. The van der Waals surface area contributed by atoms with E-state index in [1.165, 1.54) is 7.11 Å². The van der Waals surface area contributed by atoms with E-state index in [1.54, 1.807) is 12.1 Å². The molecular formula is C25H25BrN2O5. The minimum absolute atomic E-state index is 0.153. The summed E-state index contributed by atoms with van der Waals surface area (Å²) in [6.07, 6.45) is 0.368. The molecule has 0 radical (unpaired) electrons. The lowest BCUT2D eigenvalue weighted by Gasteiger charge is -2.13. The number of amides is 2. The molecule has 3 rings (SSSR count). The topological polar surface area (TPSA) is 108 Å². The molecule has 0 bridgehead atoms. The van der Waals surface area contributed by atoms with Crippen molar-refractivity contribution in [3.05, 3.63) is 76.3 Å². The van der Waals surface area contributed by atoms with Crippen LogP contribution in [0.25, 0.3) is 11.1 Å². The van der Waals surface area contributed by atoms with Gasteiger partial charge in [0, 0.05) is 28.1 Å². The first kappa shape index (κ1) is 24.3. The van der Waals surface area contributed by atoms with Crippen molar-refractivity contribution < 1.29 is 24.5 Å². The van der Waals surface area contributed by atoms with Crippen LogP contribution in [0.5, 0.6) is 5.75 Å². The third-order valence-electron chi connectivity index (χ3n) is 5.09. The van der Waals surface area contributed by atoms with Crippen molar-refractivity contribution in [2.24, 2.45) is 0 Å². The Hall–Kier alpha value is -3.36. The monoisotopic (exact) mass is 512 g/mol. The molecule has 0 unspecified atom stereocenters. The normalized spacial score (nSPS) is 10.5. The second-order valence-electron chi connectivity index (χ2n) is 7.38. The maximum absolute atomic E-state index is 12.4. The molecule has 33 heavy (non-hydrogen) atoms. The molecule has 7 nitrogen and oxygen atoms in total. The SMILES string of the molecule is COc1cc(NC(=O)CCCc2ccc(-c3ccccc3)c(NC(=O)O)c2)c(Br)cc1CO. The Morgan fingerprint density at radius 1 is 1.00 bits per heavy atom. The van der Waals surface area contributed by atoms with Crippen LogP contribution in [0.2, 0.25) is 0 Å². The number of carbonyl (C=O) groups excluding carboxylic acids is 1. The average molecular weight is 513 g/mol. The van der Waals surface area contributed by atoms with E-state index in [0.717, 1.165) is 16.7 Å². The summed E-state index contributed by atoms with van der Waals surface area (Å²) in [4.78, 5) is 23.7. The first-order chi connectivity index (χ1) is 15.9. The number of nitrogens with one attached hydrogen (secondary N) is 2. The van der Waals surface area contributed by atoms with Gasteiger partial charge >= 0.3 is 6.09 Å². The van der Waals surface area contributed by atoms with Crippen molar-refractivity contribution in [2.75, 3.05) is 17.7 Å². The predicted molar refractivity (Wildman–Crippen MR) is 132 cm³/mol. The van der Waals surface area contributed by atoms with Gasteiger partial charge in [-0.3, -0.25) is 10.1 Å². The molecule has 0 saturated carbocycles. The summed E-state index contributed by atoms with van der Waals surface area (Å²) in [5, 5.41) is 23.9. The Morgan fingerprint density at radius 3 is 2.42 bits per heavy atom. The maximum atomic E-state index is 12.4. The van der Waals surface area contributed by atoms with E-state index in [0.29, 0.717) is 46.4 Å². The van der Waals surface area contributed by atoms with Crippen LogP contribution in [-0.4, -0.2) is 29.3 Å². The number of rotatable bonds is 9. The second kappa shape index (κ2) is 11.5. The van der Waals surface area contributed by atoms with Crippen LogP contribution in [-0.2, 0) is 17.8 Å². The zero-order valence-electron chi connectivity index (χ0n) is 18.1. The number of benzene rings is 3. The van der Waals surface area contributed by atoms with Gasteiger partial charge in [0.15, 0.2) is 0 Å². The summed E-state index contributed by atoms with van der Waals surface area (Å²) < 4.78 is 5.91. The van der Waals surface area contributed by atoms with E-state index in [1.807, 2.05) is 48.5 Å². The van der Waals surface area contributed by atoms with Crippen molar-refractivity contribution >= 4 is 39.3 Å². The molecule has 3 aromatic carbocycles. The van der Waals surface area contributed by atoms with Gasteiger partial charge in [0.2, 0.25) is 5.91 Å². The van der Waals surface area contributed by atoms with Gasteiger partial charge in [-0.1, -0.05) is 42.5 Å². The first-order valence-corrected chi connectivity index (χ1v) is 11.2. The first-order valence-electron chi connectivity index (χ1n) is 10.4. The van der Waals surface area contributed by atoms with Gasteiger partial charge in [0.05, 0.1) is 25.1 Å². The number of hydrogen-bond donors (Lipinski definition) is 4. The van der Waals surface area contributed by atoms with Crippen LogP contribution in [0.1, 0.15) is 24.0 Å². The number of carbonyl (C=O) groups is 2. The molecule has 0 atom stereocenters. The molecule has 0 aliphatic carbocycles. The van der Waals surface area contributed by atoms with E-state index in [9.17, 15) is 19.8 Å². The number of aliphatic hydroxyl groups excluding tert-OH is 1. The fourth-order valence-corrected chi connectivity index (χ4v) is 3.99. The van der Waals surface area contributed by atoms with Gasteiger partial charge in [-0.15, -0.1) is 0 Å². The molecule has 8 heteroatoms. The molecular weight excluding hydrogens is 488 g/mol. The fraction of sp³-hybridized carbons (Fsp3) is 0.200. The standard InChI is InChI=1S/C25H25BrN2O5/c1-33-23-14-22(20(26)13-18(23)15-29)27-24(30)9-5-6-16-10-11-19(17-7-3-2-4-8-17)21(12-16)28-25(31)32/h2-4,7-8,10-14,28-29H,5-6,9,15H2,1H3,(H,27,30)(H,31,32). The van der Waals surface area contributed by atoms with Crippen molar-refractivity contribution in [1.29, 1.82) is 0 Å². The Bertz CT molecular complexity index is 1140. The lowest BCUT2D eigenvalue weighted by atomic mass is 9.99. The maximum Gasteiger partial charge on any atom is 0.409 e. The average Bonchev–Trinajstić information content (AvgIpc) is 2.80. The van der Waals surface area contributed by atoms with Gasteiger partial charge in [0.25, 0.3) is 0 Å². The van der Waals surface area contributed by atoms with E-state index >= 15 is 0 Å². The molecule has 0 saturated heterocycles. The number of methoxy groups -OCH3 is 1. The van der Waals surface area contributed by atoms with Gasteiger partial charge < -0.3 is 20.3 Å². The summed E-state index contributed by atoms with van der Waals surface area (Å²) in [6.45, 7) is -0.169. The molecule has 4 N–H and O–H groups in total. The molecule has 0 heterocycles. The van der Waals surface area contributed by atoms with Crippen molar-refractivity contribution in [2.45, 2.75) is 25.9 Å². The number of ether oxygens (including phenoxy) is 1. The van der Waals surface area contributed by atoms with E-state index < -0.39 is 6.09 Å². The number of carboxylic acid groups (broad SMARTS) is 1. The number of anilines is 2. The number of hydrogen-bond acceptors (Lipinski definition) is 4. The van der Waals surface area contributed by atoms with Crippen LogP contribution >= 0.6 is 15.9 Å².